The molecular weight excluding hydrogens is 1060 g/mol. The molecule has 6 aliphatic heterocycles. The molecule has 5 nitrogen and oxygen atoms in total. The van der Waals surface area contributed by atoms with Gasteiger partial charge in [-0.05, 0) is 178 Å². The van der Waals surface area contributed by atoms with Crippen LogP contribution in [0.5, 0.6) is 0 Å². The van der Waals surface area contributed by atoms with Gasteiger partial charge in [0, 0.05) is 91.5 Å². The molecular formula is C81H61B2N5. The molecule has 0 spiro atoms. The first-order valence-corrected chi connectivity index (χ1v) is 31.8. The van der Waals surface area contributed by atoms with E-state index in [1.807, 2.05) is 0 Å². The molecule has 12 aromatic rings. The Kier molecular flexibility index (Phi) is 11.2. The minimum absolute atomic E-state index is 0.0881. The molecule has 0 aromatic heterocycles. The lowest BCUT2D eigenvalue weighted by atomic mass is 9.30. The van der Waals surface area contributed by atoms with Crippen molar-refractivity contribution in [2.24, 2.45) is 11.8 Å². The number of rotatable bonds is 8. The monoisotopic (exact) mass is 1130 g/mol. The molecule has 2 saturated carbocycles. The maximum atomic E-state index is 2.92. The maximum absolute atomic E-state index is 2.92. The van der Waals surface area contributed by atoms with E-state index < -0.39 is 0 Å². The van der Waals surface area contributed by atoms with Crippen LogP contribution in [-0.4, -0.2) is 25.5 Å². The molecule has 416 valence electrons. The predicted molar refractivity (Wildman–Crippen MR) is 371 cm³/mol. The summed E-state index contributed by atoms with van der Waals surface area (Å²) in [6.07, 6.45) is 6.57. The molecule has 6 heterocycles. The third-order valence-electron chi connectivity index (χ3n) is 20.8. The summed E-state index contributed by atoms with van der Waals surface area (Å²) in [5.41, 5.74) is 30.6. The Morgan fingerprint density at radius 2 is 0.625 bits per heavy atom. The number of benzene rings is 12. The van der Waals surface area contributed by atoms with E-state index in [9.17, 15) is 0 Å². The first-order valence-electron chi connectivity index (χ1n) is 31.8. The SMILES string of the molecule is c1ccc(-c2cc3c4c(c2)N(c2c(-c5ccccc5)cccc2-c2ccccc2)c2cc5c(cc2B4c2ccccc2N3c2ccccc2)B2c3ccccc3N(c3ccccc3)c3cc(N4C6CC7CC(C6)CC4C7)cc(c32)N5c2ccccc2)cc1. The highest BCUT2D eigenvalue weighted by Gasteiger charge is 2.51. The van der Waals surface area contributed by atoms with Gasteiger partial charge in [-0.2, -0.15) is 0 Å². The van der Waals surface area contributed by atoms with Crippen molar-refractivity contribution in [2.45, 2.75) is 44.2 Å². The predicted octanol–water partition coefficient (Wildman–Crippen LogP) is 16.6. The van der Waals surface area contributed by atoms with Crippen LogP contribution >= 0.6 is 0 Å². The van der Waals surface area contributed by atoms with E-state index in [1.165, 1.54) is 155 Å². The van der Waals surface area contributed by atoms with Crippen molar-refractivity contribution in [1.82, 2.24) is 0 Å². The highest BCUT2D eigenvalue weighted by molar-refractivity contribution is 7.03. The zero-order chi connectivity index (χ0) is 57.6. The van der Waals surface area contributed by atoms with Crippen LogP contribution in [0.25, 0.3) is 33.4 Å². The summed E-state index contributed by atoms with van der Waals surface area (Å²) in [4.78, 5) is 13.5. The first-order chi connectivity index (χ1) is 43.7. The Morgan fingerprint density at radius 3 is 1.09 bits per heavy atom. The lowest BCUT2D eigenvalue weighted by Crippen LogP contribution is -2.65. The summed E-state index contributed by atoms with van der Waals surface area (Å²) in [6, 6.07) is 109. The molecule has 0 amide bonds. The van der Waals surface area contributed by atoms with Crippen LogP contribution in [0.4, 0.5) is 73.9 Å². The zero-order valence-electron chi connectivity index (χ0n) is 48.9. The highest BCUT2D eigenvalue weighted by atomic mass is 15.2. The summed E-state index contributed by atoms with van der Waals surface area (Å²) < 4.78 is 0. The van der Waals surface area contributed by atoms with Crippen LogP contribution in [0.15, 0.2) is 285 Å². The zero-order valence-corrected chi connectivity index (χ0v) is 48.9. The van der Waals surface area contributed by atoms with Crippen molar-refractivity contribution in [3.8, 4) is 33.4 Å². The Labute approximate surface area is 516 Å². The molecule has 7 heteroatoms. The number of anilines is 13. The topological polar surface area (TPSA) is 16.2 Å². The average molecular weight is 1130 g/mol. The fraction of sp³-hybridized carbons (Fsp3) is 0.111. The van der Waals surface area contributed by atoms with Gasteiger partial charge in [-0.15, -0.1) is 0 Å². The Hall–Kier alpha value is -10.2. The molecule has 8 aliphatic rings. The van der Waals surface area contributed by atoms with Crippen LogP contribution in [0.1, 0.15) is 32.1 Å². The van der Waals surface area contributed by atoms with Crippen LogP contribution in [0, 0.1) is 11.8 Å². The number of para-hydroxylation sites is 6. The van der Waals surface area contributed by atoms with E-state index in [4.69, 9.17) is 0 Å². The summed E-state index contributed by atoms with van der Waals surface area (Å²) in [5, 5.41) is 0. The summed E-state index contributed by atoms with van der Waals surface area (Å²) >= 11 is 0. The Morgan fingerprint density at radius 1 is 0.250 bits per heavy atom. The van der Waals surface area contributed by atoms with Gasteiger partial charge in [0.2, 0.25) is 0 Å². The normalized spacial score (nSPS) is 18.5. The van der Waals surface area contributed by atoms with E-state index in [-0.39, 0.29) is 13.4 Å². The van der Waals surface area contributed by atoms with Crippen molar-refractivity contribution in [1.29, 1.82) is 0 Å². The van der Waals surface area contributed by atoms with E-state index in [0.29, 0.717) is 12.1 Å². The number of piperidine rings is 2. The van der Waals surface area contributed by atoms with Gasteiger partial charge in [-0.3, -0.25) is 0 Å². The molecule has 2 saturated heterocycles. The third-order valence-corrected chi connectivity index (χ3v) is 20.8. The van der Waals surface area contributed by atoms with Crippen molar-refractivity contribution < 1.29 is 0 Å². The van der Waals surface area contributed by atoms with Gasteiger partial charge >= 0.3 is 0 Å². The minimum Gasteiger partial charge on any atom is -0.365 e. The van der Waals surface area contributed by atoms with Crippen LogP contribution < -0.4 is 57.3 Å². The van der Waals surface area contributed by atoms with E-state index in [0.717, 1.165) is 28.9 Å². The van der Waals surface area contributed by atoms with Crippen LogP contribution in [0.3, 0.4) is 0 Å². The molecule has 0 atom stereocenters. The Bertz CT molecular complexity index is 4650. The molecule has 4 fully saturated rings. The van der Waals surface area contributed by atoms with E-state index in [2.05, 4.69) is 310 Å². The molecule has 0 N–H and O–H groups in total. The van der Waals surface area contributed by atoms with Crippen molar-refractivity contribution >= 4 is 120 Å². The van der Waals surface area contributed by atoms with Gasteiger partial charge in [0.25, 0.3) is 13.4 Å². The highest BCUT2D eigenvalue weighted by Crippen LogP contribution is 2.56. The van der Waals surface area contributed by atoms with E-state index >= 15 is 0 Å². The van der Waals surface area contributed by atoms with Crippen molar-refractivity contribution in [3.63, 3.8) is 0 Å². The largest absolute Gasteiger partial charge is 0.365 e. The quantitative estimate of drug-likeness (QED) is 0.141. The second-order valence-corrected chi connectivity index (χ2v) is 25.6. The second kappa shape index (κ2) is 19.6. The maximum Gasteiger partial charge on any atom is 0.252 e. The lowest BCUT2D eigenvalue weighted by molar-refractivity contribution is 0.0900. The smallest absolute Gasteiger partial charge is 0.252 e. The van der Waals surface area contributed by atoms with Gasteiger partial charge in [0.05, 0.1) is 5.69 Å². The molecule has 20 rings (SSSR count). The fourth-order valence-electron chi connectivity index (χ4n) is 17.6. The van der Waals surface area contributed by atoms with Gasteiger partial charge in [-0.1, -0.05) is 206 Å². The summed E-state index contributed by atoms with van der Waals surface area (Å²) in [7, 11) is 0. The number of hydrogen-bond donors (Lipinski definition) is 0. The second-order valence-electron chi connectivity index (χ2n) is 25.6. The molecule has 12 aromatic carbocycles. The molecule has 0 unspecified atom stereocenters. The number of fused-ring (bicyclic) bond motifs is 8. The standard InChI is InChI=1S/C81H61B2N5/c1-7-24-55(25-8-1)58-47-75-79-76(48-58)88(81-65(56-26-9-2-10-27-56)36-23-37-66(81)57-28-11-3-12-29-57)74-52-73-69(51-70(74)83(79)67-38-19-21-40-71(67)85(75)59-30-13-4-14-31-59)82-68-39-20-22-41-72(68)86(60-32-15-5-16-33-60)77-49-64(84-62-43-53-42-54(45-62)46-63(84)44-53)50-78(80(77)82)87(73)61-34-17-6-18-35-61/h1-41,47-54,62-63H,42-46H2. The van der Waals surface area contributed by atoms with Crippen molar-refractivity contribution in [3.05, 3.63) is 285 Å². The first kappa shape index (κ1) is 50.0. The van der Waals surface area contributed by atoms with Gasteiger partial charge < -0.3 is 24.5 Å². The molecule has 0 radical (unpaired) electrons. The number of nitrogens with zero attached hydrogens (tertiary/aromatic N) is 5. The van der Waals surface area contributed by atoms with E-state index in [1.54, 1.807) is 0 Å². The van der Waals surface area contributed by atoms with Gasteiger partial charge in [-0.25, -0.2) is 0 Å². The number of hydrogen-bond acceptors (Lipinski definition) is 5. The van der Waals surface area contributed by atoms with Crippen LogP contribution in [0.2, 0.25) is 0 Å². The lowest BCUT2D eigenvalue weighted by Gasteiger charge is -2.58. The third kappa shape index (κ3) is 7.49. The fourth-order valence-corrected chi connectivity index (χ4v) is 17.6. The molecule has 88 heavy (non-hydrogen) atoms. The van der Waals surface area contributed by atoms with Crippen molar-refractivity contribution in [2.75, 3.05) is 24.5 Å². The van der Waals surface area contributed by atoms with Gasteiger partial charge in [0.15, 0.2) is 0 Å². The average Bonchev–Trinajstić information content (AvgIpc) is 0.727. The van der Waals surface area contributed by atoms with Gasteiger partial charge in [0.1, 0.15) is 0 Å². The minimum atomic E-state index is -0.135. The molecule has 4 bridgehead atoms. The summed E-state index contributed by atoms with van der Waals surface area (Å²) in [6.45, 7) is -0.223. The molecule has 2 aliphatic carbocycles. The van der Waals surface area contributed by atoms with Crippen LogP contribution in [-0.2, 0) is 0 Å². The summed E-state index contributed by atoms with van der Waals surface area (Å²) in [5.74, 6) is 1.68. The Balaban J connectivity index is 0.961.